The van der Waals surface area contributed by atoms with Gasteiger partial charge in [-0.1, -0.05) is 0 Å². The highest BCUT2D eigenvalue weighted by Crippen LogP contribution is 2.18. The van der Waals surface area contributed by atoms with Gasteiger partial charge < -0.3 is 14.6 Å². The average Bonchev–Trinajstić information content (AvgIpc) is 2.55. The Bertz CT molecular complexity index is 616. The maximum atomic E-state index is 10.3. The number of hydrogen-bond donors (Lipinski definition) is 1. The lowest BCUT2D eigenvalue weighted by atomic mass is 10.2. The molecule has 0 atom stereocenters. The Morgan fingerprint density at radius 3 is 2.39 bits per heavy atom. The van der Waals surface area contributed by atoms with Gasteiger partial charge in [0, 0.05) is 18.6 Å². The second-order valence-corrected chi connectivity index (χ2v) is 4.75. The summed E-state index contributed by atoms with van der Waals surface area (Å²) < 4.78 is 10.8. The van der Waals surface area contributed by atoms with Crippen LogP contribution in [0.5, 0.6) is 5.75 Å². The summed E-state index contributed by atoms with van der Waals surface area (Å²) in [6.07, 6.45) is 0.621. The molecule has 1 N–H and O–H groups in total. The van der Waals surface area contributed by atoms with Crippen molar-refractivity contribution in [2.75, 3.05) is 19.8 Å². The molecule has 0 radical (unpaired) electrons. The largest absolute Gasteiger partial charge is 0.491 e. The van der Waals surface area contributed by atoms with Gasteiger partial charge in [-0.3, -0.25) is 4.79 Å². The Labute approximate surface area is 133 Å². The zero-order valence-electron chi connectivity index (χ0n) is 12.8. The van der Waals surface area contributed by atoms with Crippen molar-refractivity contribution in [1.29, 1.82) is 0 Å². The third kappa shape index (κ3) is 5.95. The summed E-state index contributed by atoms with van der Waals surface area (Å²) in [5, 5.41) is 24.2. The molecule has 0 saturated carbocycles. The highest BCUT2D eigenvalue weighted by Gasteiger charge is 2.03. The minimum absolute atomic E-state index is 0.118. The van der Waals surface area contributed by atoms with Gasteiger partial charge in [0.05, 0.1) is 6.61 Å². The molecule has 1 heterocycles. The summed E-state index contributed by atoms with van der Waals surface area (Å²) in [5.74, 6) is 0.879. The number of benzene rings is 1. The molecule has 8 nitrogen and oxygen atoms in total. The predicted molar refractivity (Wildman–Crippen MR) is 81.0 cm³/mol. The first kappa shape index (κ1) is 16.8. The van der Waals surface area contributed by atoms with E-state index < -0.39 is 5.97 Å². The van der Waals surface area contributed by atoms with E-state index in [4.69, 9.17) is 14.6 Å². The first-order valence-electron chi connectivity index (χ1n) is 7.22. The van der Waals surface area contributed by atoms with Crippen molar-refractivity contribution in [2.45, 2.75) is 19.8 Å². The van der Waals surface area contributed by atoms with Crippen LogP contribution in [0.1, 0.15) is 18.7 Å². The molecular weight excluding hydrogens is 300 g/mol. The number of ether oxygens (including phenoxy) is 2. The molecule has 8 heteroatoms. The molecule has 2 rings (SSSR count). The molecule has 122 valence electrons. The first-order valence-corrected chi connectivity index (χ1v) is 7.22. The molecule has 0 bridgehead atoms. The van der Waals surface area contributed by atoms with Crippen LogP contribution < -0.4 is 4.74 Å². The standard InChI is InChI=1S/C15H18N4O4/c1-11-16-18-15(19-17-11)12-4-6-13(7-5-12)23-10-9-22-8-2-3-14(20)21/h4-7H,2-3,8-10H2,1H3,(H,20,21). The van der Waals surface area contributed by atoms with Crippen molar-refractivity contribution >= 4 is 5.97 Å². The van der Waals surface area contributed by atoms with Gasteiger partial charge >= 0.3 is 5.97 Å². The van der Waals surface area contributed by atoms with Crippen molar-refractivity contribution in [2.24, 2.45) is 0 Å². The van der Waals surface area contributed by atoms with E-state index >= 15 is 0 Å². The van der Waals surface area contributed by atoms with Gasteiger partial charge in [-0.2, -0.15) is 0 Å². The SMILES string of the molecule is Cc1nnc(-c2ccc(OCCOCCCC(=O)O)cc2)nn1. The Balaban J connectivity index is 1.71. The minimum atomic E-state index is -0.812. The summed E-state index contributed by atoms with van der Waals surface area (Å²) in [5.41, 5.74) is 0.808. The first-order chi connectivity index (χ1) is 11.1. The Morgan fingerprint density at radius 1 is 1.04 bits per heavy atom. The second-order valence-electron chi connectivity index (χ2n) is 4.75. The molecule has 1 aromatic carbocycles. The summed E-state index contributed by atoms with van der Waals surface area (Å²) >= 11 is 0. The van der Waals surface area contributed by atoms with E-state index in [0.717, 1.165) is 5.56 Å². The van der Waals surface area contributed by atoms with Gasteiger partial charge in [0.1, 0.15) is 12.4 Å². The topological polar surface area (TPSA) is 107 Å². The van der Waals surface area contributed by atoms with Gasteiger partial charge in [0.15, 0.2) is 5.82 Å². The predicted octanol–water partition coefficient (Wildman–Crippen LogP) is 1.50. The fraction of sp³-hybridized carbons (Fsp3) is 0.400. The van der Waals surface area contributed by atoms with Gasteiger partial charge in [0.25, 0.3) is 0 Å². The number of hydrogen-bond acceptors (Lipinski definition) is 7. The Kier molecular flexibility index (Phi) is 6.37. The smallest absolute Gasteiger partial charge is 0.303 e. The van der Waals surface area contributed by atoms with Crippen molar-refractivity contribution in [3.8, 4) is 17.1 Å². The number of aliphatic carboxylic acids is 1. The molecule has 0 aliphatic heterocycles. The lowest BCUT2D eigenvalue weighted by Gasteiger charge is -2.07. The van der Waals surface area contributed by atoms with Crippen LogP contribution in [0.15, 0.2) is 24.3 Å². The van der Waals surface area contributed by atoms with E-state index in [1.807, 2.05) is 24.3 Å². The molecule has 23 heavy (non-hydrogen) atoms. The molecule has 0 aliphatic carbocycles. The maximum Gasteiger partial charge on any atom is 0.303 e. The normalized spacial score (nSPS) is 10.5. The van der Waals surface area contributed by atoms with Crippen molar-refractivity contribution in [3.63, 3.8) is 0 Å². The Hall–Kier alpha value is -2.61. The number of carboxylic acids is 1. The highest BCUT2D eigenvalue weighted by atomic mass is 16.5. The van der Waals surface area contributed by atoms with Crippen LogP contribution in [0, 0.1) is 6.92 Å². The lowest BCUT2D eigenvalue weighted by Crippen LogP contribution is -2.08. The van der Waals surface area contributed by atoms with Crippen molar-refractivity contribution in [3.05, 3.63) is 30.1 Å². The van der Waals surface area contributed by atoms with E-state index in [-0.39, 0.29) is 6.42 Å². The van der Waals surface area contributed by atoms with Crippen LogP contribution in [0.2, 0.25) is 0 Å². The Morgan fingerprint density at radius 2 is 1.74 bits per heavy atom. The summed E-state index contributed by atoms with van der Waals surface area (Å²) in [7, 11) is 0. The van der Waals surface area contributed by atoms with E-state index in [0.29, 0.717) is 43.6 Å². The molecular formula is C15H18N4O4. The molecule has 0 spiro atoms. The van der Waals surface area contributed by atoms with Crippen LogP contribution in [-0.4, -0.2) is 51.3 Å². The molecule has 0 fully saturated rings. The lowest BCUT2D eigenvalue weighted by molar-refractivity contribution is -0.137. The van der Waals surface area contributed by atoms with Crippen molar-refractivity contribution < 1.29 is 19.4 Å². The van der Waals surface area contributed by atoms with Crippen LogP contribution >= 0.6 is 0 Å². The maximum absolute atomic E-state index is 10.3. The number of aromatic nitrogens is 4. The van der Waals surface area contributed by atoms with E-state index in [2.05, 4.69) is 20.4 Å². The summed E-state index contributed by atoms with van der Waals surface area (Å²) in [6, 6.07) is 7.28. The third-order valence-corrected chi connectivity index (χ3v) is 2.87. The van der Waals surface area contributed by atoms with Gasteiger partial charge in [-0.15, -0.1) is 20.4 Å². The van der Waals surface area contributed by atoms with Crippen LogP contribution in [0.25, 0.3) is 11.4 Å². The number of carboxylic acid groups (broad SMARTS) is 1. The number of nitrogens with zero attached hydrogens (tertiary/aromatic N) is 4. The van der Waals surface area contributed by atoms with E-state index in [1.165, 1.54) is 0 Å². The average molecular weight is 318 g/mol. The zero-order valence-corrected chi connectivity index (χ0v) is 12.8. The minimum Gasteiger partial charge on any atom is -0.491 e. The highest BCUT2D eigenvalue weighted by molar-refractivity contribution is 5.66. The number of carbonyl (C=O) groups is 1. The quantitative estimate of drug-likeness (QED) is 0.693. The van der Waals surface area contributed by atoms with E-state index in [1.54, 1.807) is 6.92 Å². The fourth-order valence-electron chi connectivity index (χ4n) is 1.74. The van der Waals surface area contributed by atoms with Crippen LogP contribution in [0.3, 0.4) is 0 Å². The van der Waals surface area contributed by atoms with Crippen LogP contribution in [-0.2, 0) is 9.53 Å². The summed E-state index contributed by atoms with van der Waals surface area (Å²) in [4.78, 5) is 10.3. The monoisotopic (exact) mass is 318 g/mol. The molecule has 0 aliphatic rings. The fourth-order valence-corrected chi connectivity index (χ4v) is 1.74. The molecule has 0 saturated heterocycles. The molecule has 1 aromatic heterocycles. The third-order valence-electron chi connectivity index (χ3n) is 2.87. The molecule has 0 unspecified atom stereocenters. The van der Waals surface area contributed by atoms with Gasteiger partial charge in [0.2, 0.25) is 5.82 Å². The molecule has 2 aromatic rings. The zero-order chi connectivity index (χ0) is 16.5. The summed E-state index contributed by atoms with van der Waals surface area (Å²) in [6.45, 7) is 2.96. The number of aryl methyl sites for hydroxylation is 1. The van der Waals surface area contributed by atoms with E-state index in [9.17, 15) is 4.79 Å². The molecule has 0 amide bonds. The number of rotatable bonds is 9. The van der Waals surface area contributed by atoms with Gasteiger partial charge in [-0.05, 0) is 37.6 Å². The second kappa shape index (κ2) is 8.74. The van der Waals surface area contributed by atoms with Crippen molar-refractivity contribution in [1.82, 2.24) is 20.4 Å². The van der Waals surface area contributed by atoms with Gasteiger partial charge in [-0.25, -0.2) is 0 Å². The van der Waals surface area contributed by atoms with Crippen LogP contribution in [0.4, 0.5) is 0 Å².